The van der Waals surface area contributed by atoms with Gasteiger partial charge in [0.05, 0.1) is 11.9 Å². The third kappa shape index (κ3) is 6.94. The van der Waals surface area contributed by atoms with Crippen LogP contribution in [0.25, 0.3) is 0 Å². The molecule has 0 fully saturated rings. The van der Waals surface area contributed by atoms with Gasteiger partial charge < -0.3 is 25.0 Å². The molecule has 1 aromatic heterocycles. The highest BCUT2D eigenvalue weighted by atomic mass is 35.5. The molecule has 0 bridgehead atoms. The van der Waals surface area contributed by atoms with Gasteiger partial charge in [-0.05, 0) is 70.3 Å². The number of hydrogen-bond donors (Lipinski definition) is 2. The van der Waals surface area contributed by atoms with Gasteiger partial charge in [-0.1, -0.05) is 36.4 Å². The number of nitrogens with one attached hydrogen (secondary N) is 2. The highest BCUT2D eigenvalue weighted by Crippen LogP contribution is 2.38. The minimum Gasteiger partial charge on any atom is -0.338 e. The van der Waals surface area contributed by atoms with Crippen LogP contribution in [0, 0.1) is 6.92 Å². The Morgan fingerprint density at radius 1 is 1.11 bits per heavy atom. The van der Waals surface area contributed by atoms with E-state index in [2.05, 4.69) is 27.2 Å². The molecule has 0 unspecified atom stereocenters. The number of rotatable bonds is 10. The fourth-order valence-electron chi connectivity index (χ4n) is 3.50. The van der Waals surface area contributed by atoms with Crippen LogP contribution in [0.2, 0.25) is 5.02 Å². The maximum absolute atomic E-state index is 12.7. The topological polar surface area (TPSA) is 90.5 Å². The van der Waals surface area contributed by atoms with E-state index in [1.165, 1.54) is 12.3 Å². The first-order valence-corrected chi connectivity index (χ1v) is 14.4. The quantitative estimate of drug-likeness (QED) is 0.275. The largest absolute Gasteiger partial charge is 0.338 e. The average Bonchev–Trinajstić information content (AvgIpc) is 2.82. The Labute approximate surface area is 217 Å². The number of carbonyl (C=O) groups is 1. The van der Waals surface area contributed by atoms with Gasteiger partial charge in [0.25, 0.3) is 0 Å². The Bertz CT molecular complexity index is 1310. The lowest BCUT2D eigenvalue weighted by molar-refractivity contribution is -0.114. The molecule has 2 aromatic carbocycles. The zero-order valence-corrected chi connectivity index (χ0v) is 22.9. The normalized spacial score (nSPS) is 11.3. The molecule has 0 aliphatic rings. The number of para-hydroxylation sites is 1. The summed E-state index contributed by atoms with van der Waals surface area (Å²) in [6.07, 6.45) is 2.81. The molecule has 36 heavy (non-hydrogen) atoms. The zero-order chi connectivity index (χ0) is 26.5. The summed E-state index contributed by atoms with van der Waals surface area (Å²) in [7, 11) is 1.39. The summed E-state index contributed by atoms with van der Waals surface area (Å²) in [5.41, 5.74) is 3.11. The second kappa shape index (κ2) is 11.7. The van der Waals surface area contributed by atoms with Gasteiger partial charge in [-0.2, -0.15) is 4.98 Å². The van der Waals surface area contributed by atoms with Crippen molar-refractivity contribution in [3.63, 3.8) is 0 Å². The number of likely N-dealkylation sites (N-methyl/N-ethyl adjacent to an activating group) is 1. The van der Waals surface area contributed by atoms with Gasteiger partial charge in [-0.3, -0.25) is 4.79 Å². The Morgan fingerprint density at radius 2 is 1.83 bits per heavy atom. The lowest BCUT2D eigenvalue weighted by Gasteiger charge is -2.24. The number of carbonyl (C=O) groups excluding carboxylic acids is 1. The Morgan fingerprint density at radius 3 is 2.50 bits per heavy atom. The number of hydrogen-bond acceptors (Lipinski definition) is 7. The maximum atomic E-state index is 12.7. The van der Waals surface area contributed by atoms with Crippen molar-refractivity contribution in [3.8, 4) is 0 Å². The van der Waals surface area contributed by atoms with Crippen molar-refractivity contribution in [2.45, 2.75) is 6.92 Å². The highest BCUT2D eigenvalue weighted by Gasteiger charge is 2.18. The molecule has 0 spiro atoms. The van der Waals surface area contributed by atoms with E-state index < -0.39 is 7.14 Å². The van der Waals surface area contributed by atoms with Crippen molar-refractivity contribution in [2.75, 3.05) is 56.0 Å². The van der Waals surface area contributed by atoms with E-state index in [1.54, 1.807) is 18.2 Å². The molecule has 8 nitrogen and oxygen atoms in total. The molecule has 0 aliphatic heterocycles. The maximum Gasteiger partial charge on any atom is 0.250 e. The number of nitrogens with zero attached hydrogens (tertiary/aromatic N) is 4. The van der Waals surface area contributed by atoms with Crippen LogP contribution < -0.4 is 20.8 Å². The third-order valence-corrected chi connectivity index (χ3v) is 7.30. The van der Waals surface area contributed by atoms with Crippen LogP contribution in [0.15, 0.2) is 61.3 Å². The monoisotopic (exact) mass is 526 g/mol. The summed E-state index contributed by atoms with van der Waals surface area (Å²) < 4.78 is 12.7. The summed E-state index contributed by atoms with van der Waals surface area (Å²) in [4.78, 5) is 25.1. The Balaban J connectivity index is 1.91. The molecule has 0 atom stereocenters. The Kier molecular flexibility index (Phi) is 8.90. The fraction of sp³-hybridized carbons (Fsp3) is 0.269. The minimum atomic E-state index is -2.53. The van der Waals surface area contributed by atoms with Crippen molar-refractivity contribution < 1.29 is 9.36 Å². The van der Waals surface area contributed by atoms with Crippen LogP contribution in [0.4, 0.5) is 28.8 Å². The molecule has 3 aromatic rings. The second-order valence-electron chi connectivity index (χ2n) is 9.00. The van der Waals surface area contributed by atoms with E-state index >= 15 is 0 Å². The molecule has 0 radical (unpaired) electrons. The number of aryl methyl sites for hydroxylation is 1. The van der Waals surface area contributed by atoms with Gasteiger partial charge in [0.15, 0.2) is 5.82 Å². The molecule has 2 N–H and O–H groups in total. The fourth-order valence-corrected chi connectivity index (χ4v) is 4.80. The highest BCUT2D eigenvalue weighted by molar-refractivity contribution is 7.70. The van der Waals surface area contributed by atoms with Crippen LogP contribution in [-0.2, 0) is 9.36 Å². The predicted molar refractivity (Wildman–Crippen MR) is 151 cm³/mol. The first-order valence-electron chi connectivity index (χ1n) is 11.4. The summed E-state index contributed by atoms with van der Waals surface area (Å²) in [6.45, 7) is 10.3. The second-order valence-corrected chi connectivity index (χ2v) is 12.6. The number of aromatic nitrogens is 2. The zero-order valence-electron chi connectivity index (χ0n) is 21.2. The van der Waals surface area contributed by atoms with Crippen molar-refractivity contribution in [3.05, 3.63) is 71.9 Å². The van der Waals surface area contributed by atoms with Gasteiger partial charge in [0, 0.05) is 29.8 Å². The molecule has 190 valence electrons. The van der Waals surface area contributed by atoms with Crippen LogP contribution in [0.5, 0.6) is 0 Å². The molecular weight excluding hydrogens is 495 g/mol. The van der Waals surface area contributed by atoms with Crippen molar-refractivity contribution in [1.82, 2.24) is 14.9 Å². The molecule has 10 heteroatoms. The van der Waals surface area contributed by atoms with E-state index in [4.69, 9.17) is 11.6 Å². The van der Waals surface area contributed by atoms with Gasteiger partial charge in [0.2, 0.25) is 11.9 Å². The standard InChI is InChI=1S/C26H32ClN6O2P/c1-7-24(34)33(15-14-32(3)4)19-13-12-18(2)22(16-19)30-26-28-17-20(27)25(31-26)29-21-10-8-9-11-23(21)36(5,6)35/h7-13,16-17H,1,14-15H2,2-6H3,(H2,28,29,30,31). The molecule has 1 heterocycles. The summed E-state index contributed by atoms with van der Waals surface area (Å²) in [5, 5.41) is 7.48. The van der Waals surface area contributed by atoms with Crippen molar-refractivity contribution in [2.24, 2.45) is 0 Å². The van der Waals surface area contributed by atoms with Crippen molar-refractivity contribution in [1.29, 1.82) is 0 Å². The Hall–Kier alpha value is -3.19. The molecule has 0 saturated heterocycles. The molecule has 0 saturated carbocycles. The third-order valence-electron chi connectivity index (χ3n) is 5.47. The van der Waals surface area contributed by atoms with Gasteiger partial charge in [-0.25, -0.2) is 4.98 Å². The number of benzene rings is 2. The lowest BCUT2D eigenvalue weighted by Crippen LogP contribution is -2.35. The van der Waals surface area contributed by atoms with Crippen LogP contribution in [-0.4, -0.2) is 61.3 Å². The van der Waals surface area contributed by atoms with Gasteiger partial charge in [-0.15, -0.1) is 0 Å². The summed E-state index contributed by atoms with van der Waals surface area (Å²) >= 11 is 6.38. The molecule has 0 aliphatic carbocycles. The molecule has 1 amide bonds. The van der Waals surface area contributed by atoms with Crippen molar-refractivity contribution >= 4 is 58.8 Å². The van der Waals surface area contributed by atoms with Crippen LogP contribution in [0.1, 0.15) is 5.56 Å². The van der Waals surface area contributed by atoms with E-state index in [0.29, 0.717) is 40.9 Å². The smallest absolute Gasteiger partial charge is 0.250 e. The number of anilines is 5. The minimum absolute atomic E-state index is 0.177. The summed E-state index contributed by atoms with van der Waals surface area (Å²) in [6, 6.07) is 13.1. The number of halogens is 1. The molecular formula is C26H32ClN6O2P. The first-order chi connectivity index (χ1) is 17.0. The predicted octanol–water partition coefficient (Wildman–Crippen LogP) is 5.25. The number of amides is 1. The average molecular weight is 527 g/mol. The SMILES string of the molecule is C=CC(=O)N(CCN(C)C)c1ccc(C)c(Nc2ncc(Cl)c(Nc3ccccc3P(C)(C)=O)n2)c1. The molecule has 3 rings (SSSR count). The van der Waals surface area contributed by atoms with E-state index in [-0.39, 0.29) is 5.91 Å². The van der Waals surface area contributed by atoms with E-state index in [1.807, 2.05) is 68.4 Å². The lowest BCUT2D eigenvalue weighted by atomic mass is 10.1. The summed E-state index contributed by atoms with van der Waals surface area (Å²) in [5.74, 6) is 0.535. The van der Waals surface area contributed by atoms with E-state index in [0.717, 1.165) is 16.9 Å². The van der Waals surface area contributed by atoms with Gasteiger partial charge in [0.1, 0.15) is 12.2 Å². The van der Waals surface area contributed by atoms with Crippen LogP contribution >= 0.6 is 18.7 Å². The van der Waals surface area contributed by atoms with Crippen LogP contribution in [0.3, 0.4) is 0 Å². The van der Waals surface area contributed by atoms with Gasteiger partial charge >= 0.3 is 0 Å². The first kappa shape index (κ1) is 27.4. The van der Waals surface area contributed by atoms with E-state index in [9.17, 15) is 9.36 Å².